The van der Waals surface area contributed by atoms with Gasteiger partial charge in [0.15, 0.2) is 0 Å². The molecule has 0 aromatic heterocycles. The predicted molar refractivity (Wildman–Crippen MR) is 86.1 cm³/mol. The van der Waals surface area contributed by atoms with E-state index in [0.717, 1.165) is 5.56 Å². The Morgan fingerprint density at radius 2 is 1.77 bits per heavy atom. The van der Waals surface area contributed by atoms with Crippen molar-refractivity contribution in [3.05, 3.63) is 58.7 Å². The van der Waals surface area contributed by atoms with Gasteiger partial charge in [0.2, 0.25) is 0 Å². The lowest BCUT2D eigenvalue weighted by atomic mass is 10.0. The number of hydrogen-bond acceptors (Lipinski definition) is 4. The molecule has 0 bridgehead atoms. The van der Waals surface area contributed by atoms with Crippen LogP contribution in [0.15, 0.2) is 36.4 Å². The molecule has 2 aromatic carbocycles. The highest BCUT2D eigenvalue weighted by Crippen LogP contribution is 2.29. The van der Waals surface area contributed by atoms with Crippen LogP contribution in [-0.2, 0) is 4.74 Å². The van der Waals surface area contributed by atoms with Crippen LogP contribution in [0.3, 0.4) is 0 Å². The Balaban J connectivity index is 2.45. The number of esters is 1. The largest absolute Gasteiger partial charge is 0.507 e. The number of hydrogen-bond donors (Lipinski definition) is 1. The SMILES string of the molecule is COC(=O)c1c(O)cc(OC)cc1C=Cc1ccc(C)cc1. The molecule has 0 spiro atoms. The topological polar surface area (TPSA) is 55.8 Å². The summed E-state index contributed by atoms with van der Waals surface area (Å²) in [6.45, 7) is 2.02. The van der Waals surface area contributed by atoms with Gasteiger partial charge in [0.05, 0.1) is 14.2 Å². The maximum absolute atomic E-state index is 11.9. The first-order chi connectivity index (χ1) is 10.5. The quantitative estimate of drug-likeness (QED) is 0.691. The summed E-state index contributed by atoms with van der Waals surface area (Å²) in [5, 5.41) is 10.0. The van der Waals surface area contributed by atoms with Crippen LogP contribution >= 0.6 is 0 Å². The Kier molecular flexibility index (Phi) is 4.84. The summed E-state index contributed by atoms with van der Waals surface area (Å²) in [6.07, 6.45) is 3.61. The van der Waals surface area contributed by atoms with Gasteiger partial charge in [0, 0.05) is 6.07 Å². The number of phenols is 1. The first-order valence-corrected chi connectivity index (χ1v) is 6.79. The van der Waals surface area contributed by atoms with E-state index >= 15 is 0 Å². The number of rotatable bonds is 4. The zero-order valence-electron chi connectivity index (χ0n) is 12.8. The number of aryl methyl sites for hydroxylation is 1. The van der Waals surface area contributed by atoms with Gasteiger partial charge in [-0.15, -0.1) is 0 Å². The lowest BCUT2D eigenvalue weighted by Gasteiger charge is -2.09. The van der Waals surface area contributed by atoms with Crippen LogP contribution in [0, 0.1) is 6.92 Å². The van der Waals surface area contributed by atoms with Gasteiger partial charge < -0.3 is 14.6 Å². The molecular weight excluding hydrogens is 280 g/mol. The monoisotopic (exact) mass is 298 g/mol. The lowest BCUT2D eigenvalue weighted by Crippen LogP contribution is -2.04. The molecule has 4 heteroatoms. The molecule has 2 aromatic rings. The second-order valence-electron chi connectivity index (χ2n) is 4.85. The van der Waals surface area contributed by atoms with Crippen LogP contribution in [0.2, 0.25) is 0 Å². The Hall–Kier alpha value is -2.75. The summed E-state index contributed by atoms with van der Waals surface area (Å²) in [5.74, 6) is -0.299. The fourth-order valence-corrected chi connectivity index (χ4v) is 2.06. The summed E-state index contributed by atoms with van der Waals surface area (Å²) in [6, 6.07) is 11.0. The van der Waals surface area contributed by atoms with Crippen molar-refractivity contribution in [1.29, 1.82) is 0 Å². The molecule has 0 saturated carbocycles. The zero-order chi connectivity index (χ0) is 16.1. The van der Waals surface area contributed by atoms with Crippen LogP contribution in [0.25, 0.3) is 12.2 Å². The number of carbonyl (C=O) groups excluding carboxylic acids is 1. The molecule has 0 heterocycles. The molecule has 4 nitrogen and oxygen atoms in total. The van der Waals surface area contributed by atoms with E-state index in [1.807, 2.05) is 37.3 Å². The van der Waals surface area contributed by atoms with E-state index in [4.69, 9.17) is 9.47 Å². The van der Waals surface area contributed by atoms with Crippen molar-refractivity contribution < 1.29 is 19.4 Å². The van der Waals surface area contributed by atoms with E-state index < -0.39 is 5.97 Å². The third-order valence-corrected chi connectivity index (χ3v) is 3.28. The van der Waals surface area contributed by atoms with Crippen LogP contribution in [0.4, 0.5) is 0 Å². The van der Waals surface area contributed by atoms with E-state index in [1.165, 1.54) is 25.8 Å². The minimum Gasteiger partial charge on any atom is -0.507 e. The van der Waals surface area contributed by atoms with Crippen molar-refractivity contribution in [1.82, 2.24) is 0 Å². The van der Waals surface area contributed by atoms with E-state index in [-0.39, 0.29) is 11.3 Å². The van der Waals surface area contributed by atoms with Gasteiger partial charge >= 0.3 is 5.97 Å². The first kappa shape index (κ1) is 15.6. The number of aromatic hydroxyl groups is 1. The maximum Gasteiger partial charge on any atom is 0.342 e. The van der Waals surface area contributed by atoms with Crippen molar-refractivity contribution in [2.24, 2.45) is 0 Å². The first-order valence-electron chi connectivity index (χ1n) is 6.79. The van der Waals surface area contributed by atoms with Crippen molar-refractivity contribution >= 4 is 18.1 Å². The molecule has 0 radical (unpaired) electrons. The van der Waals surface area contributed by atoms with Gasteiger partial charge in [-0.3, -0.25) is 0 Å². The van der Waals surface area contributed by atoms with E-state index in [0.29, 0.717) is 11.3 Å². The second-order valence-corrected chi connectivity index (χ2v) is 4.85. The number of methoxy groups -OCH3 is 2. The molecule has 0 unspecified atom stereocenters. The van der Waals surface area contributed by atoms with Crippen molar-refractivity contribution in [3.8, 4) is 11.5 Å². The highest BCUT2D eigenvalue weighted by atomic mass is 16.5. The third-order valence-electron chi connectivity index (χ3n) is 3.28. The normalized spacial score (nSPS) is 10.7. The van der Waals surface area contributed by atoms with Crippen LogP contribution < -0.4 is 4.74 Å². The van der Waals surface area contributed by atoms with Crippen LogP contribution in [0.5, 0.6) is 11.5 Å². The van der Waals surface area contributed by atoms with Gasteiger partial charge in [-0.1, -0.05) is 42.0 Å². The Morgan fingerprint density at radius 1 is 1.09 bits per heavy atom. The number of benzene rings is 2. The fraction of sp³-hybridized carbons (Fsp3) is 0.167. The average Bonchev–Trinajstić information content (AvgIpc) is 2.53. The molecule has 0 fully saturated rings. The Morgan fingerprint density at radius 3 is 2.36 bits per heavy atom. The zero-order valence-corrected chi connectivity index (χ0v) is 12.8. The molecule has 0 aliphatic heterocycles. The van der Waals surface area contributed by atoms with Gasteiger partial charge in [-0.25, -0.2) is 4.79 Å². The van der Waals surface area contributed by atoms with Gasteiger partial charge in [0.1, 0.15) is 17.1 Å². The molecule has 2 rings (SSSR count). The van der Waals surface area contributed by atoms with Gasteiger partial charge in [-0.05, 0) is 24.1 Å². The molecule has 0 saturated heterocycles. The molecule has 1 N–H and O–H groups in total. The van der Waals surface area contributed by atoms with Gasteiger partial charge in [-0.2, -0.15) is 0 Å². The maximum atomic E-state index is 11.9. The standard InChI is InChI=1S/C18H18O4/c1-12-4-6-13(7-5-12)8-9-14-10-15(21-2)11-16(19)17(14)18(20)22-3/h4-11,19H,1-3H3. The Labute approximate surface area is 129 Å². The third kappa shape index (κ3) is 3.47. The number of carbonyl (C=O) groups is 1. The molecule has 0 atom stereocenters. The molecule has 22 heavy (non-hydrogen) atoms. The highest BCUT2D eigenvalue weighted by Gasteiger charge is 2.17. The summed E-state index contributed by atoms with van der Waals surface area (Å²) in [7, 11) is 2.78. The molecular formula is C18H18O4. The second kappa shape index (κ2) is 6.80. The lowest BCUT2D eigenvalue weighted by molar-refractivity contribution is 0.0597. The number of phenolic OH excluding ortho intramolecular Hbond substituents is 1. The summed E-state index contributed by atoms with van der Waals surface area (Å²) >= 11 is 0. The van der Waals surface area contributed by atoms with E-state index in [9.17, 15) is 9.90 Å². The fourth-order valence-electron chi connectivity index (χ4n) is 2.06. The van der Waals surface area contributed by atoms with E-state index in [2.05, 4.69) is 0 Å². The Bertz CT molecular complexity index is 700. The molecule has 0 aliphatic carbocycles. The summed E-state index contributed by atoms with van der Waals surface area (Å²) in [5.41, 5.74) is 2.81. The molecule has 0 amide bonds. The van der Waals surface area contributed by atoms with Crippen LogP contribution in [-0.4, -0.2) is 25.3 Å². The number of ether oxygens (including phenoxy) is 2. The van der Waals surface area contributed by atoms with Crippen molar-refractivity contribution in [2.75, 3.05) is 14.2 Å². The van der Waals surface area contributed by atoms with Crippen molar-refractivity contribution in [2.45, 2.75) is 6.92 Å². The van der Waals surface area contributed by atoms with E-state index in [1.54, 1.807) is 12.1 Å². The highest BCUT2D eigenvalue weighted by molar-refractivity contribution is 5.98. The minimum atomic E-state index is -0.594. The summed E-state index contributed by atoms with van der Waals surface area (Å²) < 4.78 is 9.85. The molecule has 0 aliphatic rings. The predicted octanol–water partition coefficient (Wildman–Crippen LogP) is 3.67. The smallest absolute Gasteiger partial charge is 0.342 e. The molecule has 114 valence electrons. The summed E-state index contributed by atoms with van der Waals surface area (Å²) in [4.78, 5) is 11.9. The van der Waals surface area contributed by atoms with Gasteiger partial charge in [0.25, 0.3) is 0 Å². The average molecular weight is 298 g/mol. The minimum absolute atomic E-state index is 0.117. The van der Waals surface area contributed by atoms with Crippen LogP contribution in [0.1, 0.15) is 27.0 Å². The van der Waals surface area contributed by atoms with Crippen molar-refractivity contribution in [3.63, 3.8) is 0 Å².